The van der Waals surface area contributed by atoms with E-state index in [1.807, 2.05) is 44.2 Å². The van der Waals surface area contributed by atoms with Crippen molar-refractivity contribution in [2.24, 2.45) is 0 Å². The molecule has 0 bridgehead atoms. The molecule has 0 radical (unpaired) electrons. The van der Waals surface area contributed by atoms with Crippen LogP contribution in [0.15, 0.2) is 42.5 Å². The van der Waals surface area contributed by atoms with Gasteiger partial charge in [-0.15, -0.1) is 11.8 Å². The number of carbonyl (C=O) groups is 2. The Hall–Kier alpha value is -1.89. The van der Waals surface area contributed by atoms with Crippen molar-refractivity contribution in [1.82, 2.24) is 10.2 Å². The second-order valence-corrected chi connectivity index (χ2v) is 9.40. The van der Waals surface area contributed by atoms with Gasteiger partial charge in [0.05, 0.1) is 22.9 Å². The number of halogens is 2. The Kier molecular flexibility index (Phi) is 10.7. The van der Waals surface area contributed by atoms with Gasteiger partial charge in [-0.3, -0.25) is 9.59 Å². The van der Waals surface area contributed by atoms with E-state index in [0.717, 1.165) is 23.3 Å². The molecule has 8 heteroatoms. The minimum atomic E-state index is -0.593. The Morgan fingerprint density at radius 3 is 2.31 bits per heavy atom. The first kappa shape index (κ1) is 26.4. The van der Waals surface area contributed by atoms with Gasteiger partial charge in [0.15, 0.2) is 0 Å². The van der Waals surface area contributed by atoms with Crippen molar-refractivity contribution in [2.75, 3.05) is 12.9 Å². The molecule has 0 unspecified atom stereocenters. The van der Waals surface area contributed by atoms with Crippen molar-refractivity contribution < 1.29 is 14.3 Å². The predicted octanol–water partition coefficient (Wildman–Crippen LogP) is 5.57. The van der Waals surface area contributed by atoms with E-state index in [-0.39, 0.29) is 23.6 Å². The number of carbonyl (C=O) groups excluding carboxylic acids is 2. The monoisotopic (exact) mass is 496 g/mol. The second-order valence-electron chi connectivity index (χ2n) is 7.60. The summed E-state index contributed by atoms with van der Waals surface area (Å²) in [6, 6.07) is 12.4. The van der Waals surface area contributed by atoms with Crippen LogP contribution >= 0.6 is 35.0 Å². The summed E-state index contributed by atoms with van der Waals surface area (Å²) in [5, 5.41) is 3.97. The number of hydrogen-bond donors (Lipinski definition) is 1. The van der Waals surface area contributed by atoms with Gasteiger partial charge in [-0.05, 0) is 55.7 Å². The van der Waals surface area contributed by atoms with Gasteiger partial charge in [0.25, 0.3) is 0 Å². The summed E-state index contributed by atoms with van der Waals surface area (Å²) < 4.78 is 5.21. The molecule has 2 atom stereocenters. The van der Waals surface area contributed by atoms with E-state index in [4.69, 9.17) is 27.9 Å². The molecular formula is C24H30Cl2N2O3S. The van der Waals surface area contributed by atoms with Gasteiger partial charge in [0.2, 0.25) is 11.8 Å². The van der Waals surface area contributed by atoms with E-state index in [1.54, 1.807) is 31.1 Å². The number of amides is 2. The smallest absolute Gasteiger partial charge is 0.242 e. The molecular weight excluding hydrogens is 467 g/mol. The highest BCUT2D eigenvalue weighted by Crippen LogP contribution is 2.25. The molecule has 0 heterocycles. The fourth-order valence-corrected chi connectivity index (χ4v) is 4.12. The Bertz CT molecular complexity index is 909. The van der Waals surface area contributed by atoms with Crippen molar-refractivity contribution >= 4 is 46.8 Å². The number of benzene rings is 2. The molecule has 0 aliphatic carbocycles. The maximum Gasteiger partial charge on any atom is 0.242 e. The molecule has 32 heavy (non-hydrogen) atoms. The molecule has 174 valence electrons. The topological polar surface area (TPSA) is 58.6 Å². The lowest BCUT2D eigenvalue weighted by molar-refractivity contribution is -0.138. The average Bonchev–Trinajstić information content (AvgIpc) is 2.79. The molecule has 0 aliphatic heterocycles. The number of nitrogens with one attached hydrogen (secondary N) is 1. The molecule has 0 fully saturated rings. The van der Waals surface area contributed by atoms with E-state index in [2.05, 4.69) is 5.32 Å². The number of nitrogens with zero attached hydrogens (tertiary/aromatic N) is 1. The molecule has 0 saturated carbocycles. The summed E-state index contributed by atoms with van der Waals surface area (Å²) in [7, 11) is 1.61. The van der Waals surface area contributed by atoms with Gasteiger partial charge < -0.3 is 15.0 Å². The maximum atomic E-state index is 13.1. The van der Waals surface area contributed by atoms with Gasteiger partial charge in [-0.1, -0.05) is 48.3 Å². The van der Waals surface area contributed by atoms with Crippen LogP contribution in [-0.4, -0.2) is 41.7 Å². The predicted molar refractivity (Wildman–Crippen MR) is 134 cm³/mol. The molecule has 2 rings (SSSR count). The molecule has 0 saturated heterocycles. The highest BCUT2D eigenvalue weighted by molar-refractivity contribution is 7.99. The summed E-state index contributed by atoms with van der Waals surface area (Å²) in [5.41, 5.74) is 1.92. The molecule has 1 N–H and O–H groups in total. The van der Waals surface area contributed by atoms with Crippen LogP contribution in [0, 0.1) is 0 Å². The molecule has 5 nitrogen and oxygen atoms in total. The number of thioether (sulfide) groups is 1. The molecule has 0 aromatic heterocycles. The Morgan fingerprint density at radius 1 is 1.06 bits per heavy atom. The number of rotatable bonds is 11. The third-order valence-electron chi connectivity index (χ3n) is 5.16. The van der Waals surface area contributed by atoms with Crippen molar-refractivity contribution in [1.29, 1.82) is 0 Å². The molecule has 2 aromatic carbocycles. The van der Waals surface area contributed by atoms with Gasteiger partial charge in [-0.2, -0.15) is 0 Å². The fraction of sp³-hybridized carbons (Fsp3) is 0.417. The summed E-state index contributed by atoms with van der Waals surface area (Å²) >= 11 is 13.5. The third-order valence-corrected chi connectivity index (χ3v) is 6.89. The van der Waals surface area contributed by atoms with Crippen molar-refractivity contribution in [3.63, 3.8) is 0 Å². The lowest BCUT2D eigenvalue weighted by Gasteiger charge is -2.29. The highest BCUT2D eigenvalue weighted by atomic mass is 35.5. The van der Waals surface area contributed by atoms with Crippen LogP contribution in [0.4, 0.5) is 0 Å². The van der Waals surface area contributed by atoms with E-state index >= 15 is 0 Å². The molecule has 0 spiro atoms. The average molecular weight is 497 g/mol. The van der Waals surface area contributed by atoms with Crippen LogP contribution in [0.5, 0.6) is 5.75 Å². The van der Waals surface area contributed by atoms with Gasteiger partial charge in [0, 0.05) is 18.3 Å². The summed E-state index contributed by atoms with van der Waals surface area (Å²) in [6.07, 6.45) is 0.824. The third kappa shape index (κ3) is 7.91. The zero-order chi connectivity index (χ0) is 23.7. The van der Waals surface area contributed by atoms with Crippen LogP contribution in [0.2, 0.25) is 10.0 Å². The zero-order valence-corrected chi connectivity index (χ0v) is 21.2. The Morgan fingerprint density at radius 2 is 1.72 bits per heavy atom. The molecule has 2 aromatic rings. The molecule has 2 amide bonds. The van der Waals surface area contributed by atoms with Crippen molar-refractivity contribution in [3.8, 4) is 5.75 Å². The van der Waals surface area contributed by atoms with E-state index < -0.39 is 6.04 Å². The number of hydrogen-bond acceptors (Lipinski definition) is 4. The normalized spacial score (nSPS) is 12.7. The SMILES string of the molecule is CC[C@@H](C)NC(=O)[C@H](C)N(Cc1ccc(OC)cc1)C(=O)CSCc1ccc(Cl)c(Cl)c1. The van der Waals surface area contributed by atoms with Crippen LogP contribution in [0.25, 0.3) is 0 Å². The van der Waals surface area contributed by atoms with E-state index in [0.29, 0.717) is 22.3 Å². The first-order chi connectivity index (χ1) is 15.2. The zero-order valence-electron chi connectivity index (χ0n) is 18.9. The number of methoxy groups -OCH3 is 1. The van der Waals surface area contributed by atoms with E-state index in [1.165, 1.54) is 11.8 Å². The first-order valence-corrected chi connectivity index (χ1v) is 12.4. The van der Waals surface area contributed by atoms with Crippen LogP contribution in [0.1, 0.15) is 38.3 Å². The standard InChI is InChI=1S/C24H30Cl2N2O3S/c1-5-16(2)27-24(30)17(3)28(13-18-6-9-20(31-4)10-7-18)23(29)15-32-14-19-8-11-21(25)22(26)12-19/h6-12,16-17H,5,13-15H2,1-4H3,(H,27,30)/t16-,17+/m1/s1. The van der Waals surface area contributed by atoms with Crippen LogP contribution in [0.3, 0.4) is 0 Å². The first-order valence-electron chi connectivity index (χ1n) is 10.5. The summed E-state index contributed by atoms with van der Waals surface area (Å²) in [6.45, 7) is 6.07. The van der Waals surface area contributed by atoms with Crippen LogP contribution in [-0.2, 0) is 21.9 Å². The minimum Gasteiger partial charge on any atom is -0.497 e. The Labute approximate surface area is 204 Å². The molecule has 0 aliphatic rings. The van der Waals surface area contributed by atoms with Crippen molar-refractivity contribution in [2.45, 2.75) is 51.6 Å². The summed E-state index contributed by atoms with van der Waals surface area (Å²) in [5.74, 6) is 1.35. The van der Waals surface area contributed by atoms with Crippen LogP contribution < -0.4 is 10.1 Å². The quantitative estimate of drug-likeness (QED) is 0.441. The summed E-state index contributed by atoms with van der Waals surface area (Å²) in [4.78, 5) is 27.5. The van der Waals surface area contributed by atoms with Gasteiger partial charge in [-0.25, -0.2) is 0 Å². The second kappa shape index (κ2) is 13.0. The maximum absolute atomic E-state index is 13.1. The van der Waals surface area contributed by atoms with E-state index in [9.17, 15) is 9.59 Å². The van der Waals surface area contributed by atoms with Gasteiger partial charge >= 0.3 is 0 Å². The lowest BCUT2D eigenvalue weighted by atomic mass is 10.1. The fourth-order valence-electron chi connectivity index (χ4n) is 2.94. The highest BCUT2D eigenvalue weighted by Gasteiger charge is 2.26. The Balaban J connectivity index is 2.09. The number of ether oxygens (including phenoxy) is 1. The lowest BCUT2D eigenvalue weighted by Crippen LogP contribution is -2.50. The van der Waals surface area contributed by atoms with Crippen molar-refractivity contribution in [3.05, 3.63) is 63.6 Å². The largest absolute Gasteiger partial charge is 0.497 e. The minimum absolute atomic E-state index is 0.0481. The van der Waals surface area contributed by atoms with Gasteiger partial charge in [0.1, 0.15) is 11.8 Å².